The maximum atomic E-state index is 11.4. The van der Waals surface area contributed by atoms with Gasteiger partial charge in [-0.2, -0.15) is 0 Å². The molecule has 54 valence electrons. The molecule has 0 fully saturated rings. The lowest BCUT2D eigenvalue weighted by molar-refractivity contribution is 0.0187. The summed E-state index contributed by atoms with van der Waals surface area (Å²) >= 11 is 0. The minimum Gasteiger partial charge on any atom is -0.378 e. The van der Waals surface area contributed by atoms with Crippen molar-refractivity contribution in [3.05, 3.63) is 0 Å². The molecular formula is C5H11BF2O. The minimum absolute atomic E-state index is 0.448. The molecule has 1 nitrogen and oxygen atoms in total. The largest absolute Gasteiger partial charge is 0.563 e. The van der Waals surface area contributed by atoms with E-state index in [1.807, 2.05) is 0 Å². The molecule has 4 heteroatoms. The molecule has 0 aromatic rings. The van der Waals surface area contributed by atoms with Crippen LogP contribution in [0.2, 0.25) is 0 Å². The lowest BCUT2D eigenvalue weighted by Crippen LogP contribution is -2.24. The number of halogens is 2. The van der Waals surface area contributed by atoms with Crippen molar-refractivity contribution in [2.24, 2.45) is 0 Å². The summed E-state index contributed by atoms with van der Waals surface area (Å²) in [7, 11) is -2.36. The summed E-state index contributed by atoms with van der Waals surface area (Å²) in [4.78, 5) is 0. The fourth-order valence-corrected chi connectivity index (χ4v) is 0.313. The van der Waals surface area contributed by atoms with Gasteiger partial charge in [-0.3, -0.25) is 8.63 Å². The third-order valence-corrected chi connectivity index (χ3v) is 0.642. The van der Waals surface area contributed by atoms with E-state index < -0.39 is 19.4 Å². The van der Waals surface area contributed by atoms with Gasteiger partial charge in [0.1, 0.15) is 0 Å². The van der Waals surface area contributed by atoms with E-state index in [2.05, 4.69) is 0 Å². The van der Waals surface area contributed by atoms with Crippen molar-refractivity contribution in [1.29, 1.82) is 0 Å². The van der Waals surface area contributed by atoms with Crippen molar-refractivity contribution < 1.29 is 13.4 Å². The van der Waals surface area contributed by atoms with Crippen LogP contribution < -0.4 is 0 Å². The maximum absolute atomic E-state index is 11.4. The standard InChI is InChI=1S/C5H11BF2O/c1-5(2,3)9-4-6(7)8/h4H2,1-3H3. The van der Waals surface area contributed by atoms with E-state index in [9.17, 15) is 8.63 Å². The van der Waals surface area contributed by atoms with Crippen LogP contribution >= 0.6 is 0 Å². The minimum atomic E-state index is -2.36. The van der Waals surface area contributed by atoms with Crippen LogP contribution in [-0.2, 0) is 4.74 Å². The molecule has 0 radical (unpaired) electrons. The Hall–Kier alpha value is -0.115. The van der Waals surface area contributed by atoms with Crippen LogP contribution in [0.5, 0.6) is 0 Å². The zero-order chi connectivity index (χ0) is 7.49. The molecule has 0 N–H and O–H groups in total. The fourth-order valence-electron chi connectivity index (χ4n) is 0.313. The summed E-state index contributed by atoms with van der Waals surface area (Å²) < 4.78 is 27.6. The summed E-state index contributed by atoms with van der Waals surface area (Å²) in [6, 6.07) is 0. The van der Waals surface area contributed by atoms with Crippen molar-refractivity contribution in [1.82, 2.24) is 0 Å². The van der Waals surface area contributed by atoms with Gasteiger partial charge in [-0.05, 0) is 20.8 Å². The average molecular weight is 136 g/mol. The molecule has 0 aliphatic heterocycles. The van der Waals surface area contributed by atoms with Gasteiger partial charge in [0.2, 0.25) is 0 Å². The summed E-state index contributed by atoms with van der Waals surface area (Å²) in [5.74, 6) is 0. The highest BCUT2D eigenvalue weighted by molar-refractivity contribution is 6.42. The topological polar surface area (TPSA) is 9.23 Å². The number of hydrogen-bond acceptors (Lipinski definition) is 1. The quantitative estimate of drug-likeness (QED) is 0.525. The van der Waals surface area contributed by atoms with E-state index in [-0.39, 0.29) is 0 Å². The van der Waals surface area contributed by atoms with Gasteiger partial charge in [-0.1, -0.05) is 0 Å². The summed E-state index contributed by atoms with van der Waals surface area (Å²) in [6.07, 6.45) is 0. The highest BCUT2D eigenvalue weighted by Gasteiger charge is 2.18. The van der Waals surface area contributed by atoms with E-state index in [0.29, 0.717) is 0 Å². The van der Waals surface area contributed by atoms with Crippen LogP contribution in [0.15, 0.2) is 0 Å². The Morgan fingerprint density at radius 1 is 1.33 bits per heavy atom. The monoisotopic (exact) mass is 136 g/mol. The lowest BCUT2D eigenvalue weighted by Gasteiger charge is -2.17. The predicted octanol–water partition coefficient (Wildman–Crippen LogP) is 1.77. The van der Waals surface area contributed by atoms with E-state index >= 15 is 0 Å². The lowest BCUT2D eigenvalue weighted by atomic mass is 10.0. The zero-order valence-corrected chi connectivity index (χ0v) is 5.95. The molecule has 0 atom stereocenters. The molecule has 0 saturated heterocycles. The third kappa shape index (κ3) is 7.88. The molecule has 0 spiro atoms. The third-order valence-electron chi connectivity index (χ3n) is 0.642. The normalized spacial score (nSPS) is 11.7. The van der Waals surface area contributed by atoms with Crippen molar-refractivity contribution >= 4 is 7.27 Å². The number of rotatable bonds is 2. The Bertz CT molecular complexity index is 79.5. The predicted molar refractivity (Wildman–Crippen MR) is 33.7 cm³/mol. The second-order valence-electron chi connectivity index (χ2n) is 2.81. The van der Waals surface area contributed by atoms with E-state index in [1.54, 1.807) is 20.8 Å². The van der Waals surface area contributed by atoms with Crippen LogP contribution in [0, 0.1) is 0 Å². The molecule has 9 heavy (non-hydrogen) atoms. The Morgan fingerprint density at radius 2 is 1.78 bits per heavy atom. The van der Waals surface area contributed by atoms with E-state index in [0.717, 1.165) is 0 Å². The smallest absolute Gasteiger partial charge is 0.378 e. The Kier molecular flexibility index (Phi) is 3.11. The first kappa shape index (κ1) is 8.88. The second-order valence-corrected chi connectivity index (χ2v) is 2.81. The summed E-state index contributed by atoms with van der Waals surface area (Å²) in [5.41, 5.74) is -0.448. The van der Waals surface area contributed by atoms with E-state index in [1.165, 1.54) is 0 Å². The van der Waals surface area contributed by atoms with E-state index in [4.69, 9.17) is 4.74 Å². The van der Waals surface area contributed by atoms with Gasteiger partial charge in [-0.15, -0.1) is 0 Å². The molecule has 0 unspecified atom stereocenters. The molecule has 0 heterocycles. The van der Waals surface area contributed by atoms with Gasteiger partial charge in [-0.25, -0.2) is 0 Å². The second kappa shape index (κ2) is 3.15. The van der Waals surface area contributed by atoms with Gasteiger partial charge < -0.3 is 4.74 Å². The first-order valence-corrected chi connectivity index (χ1v) is 2.84. The van der Waals surface area contributed by atoms with Crippen LogP contribution in [0.1, 0.15) is 20.8 Å². The van der Waals surface area contributed by atoms with Crippen molar-refractivity contribution in [2.45, 2.75) is 26.4 Å². The molecule has 0 aliphatic rings. The molecule has 0 saturated carbocycles. The average Bonchev–Trinajstić information content (AvgIpc) is 1.59. The Balaban J connectivity index is 3.28. The van der Waals surface area contributed by atoms with Gasteiger partial charge in [0, 0.05) is 0 Å². The van der Waals surface area contributed by atoms with Crippen LogP contribution in [0.4, 0.5) is 8.63 Å². The van der Waals surface area contributed by atoms with Gasteiger partial charge in [0.15, 0.2) is 0 Å². The molecule has 0 aromatic carbocycles. The highest BCUT2D eigenvalue weighted by Crippen LogP contribution is 2.06. The van der Waals surface area contributed by atoms with Gasteiger partial charge in [0.25, 0.3) is 0 Å². The van der Waals surface area contributed by atoms with Crippen molar-refractivity contribution in [3.8, 4) is 0 Å². The first-order valence-electron chi connectivity index (χ1n) is 2.84. The first-order chi connectivity index (χ1) is 3.92. The van der Waals surface area contributed by atoms with Gasteiger partial charge >= 0.3 is 7.27 Å². The zero-order valence-electron chi connectivity index (χ0n) is 5.95. The van der Waals surface area contributed by atoms with Crippen LogP contribution in [-0.4, -0.2) is 19.4 Å². The highest BCUT2D eigenvalue weighted by atomic mass is 19.2. The van der Waals surface area contributed by atoms with Crippen molar-refractivity contribution in [3.63, 3.8) is 0 Å². The molecule has 0 aliphatic carbocycles. The van der Waals surface area contributed by atoms with Gasteiger partial charge in [0.05, 0.1) is 12.1 Å². The molecule has 0 rings (SSSR count). The summed E-state index contributed by atoms with van der Waals surface area (Å²) in [6.45, 7) is 4.77. The number of ether oxygens (including phenoxy) is 1. The van der Waals surface area contributed by atoms with Crippen LogP contribution in [0.3, 0.4) is 0 Å². The van der Waals surface area contributed by atoms with Crippen molar-refractivity contribution in [2.75, 3.05) is 6.51 Å². The SMILES string of the molecule is CC(C)(C)OCB(F)F. The summed E-state index contributed by atoms with van der Waals surface area (Å²) in [5, 5.41) is 0. The molecule has 0 bridgehead atoms. The molecular weight excluding hydrogens is 125 g/mol. The Morgan fingerprint density at radius 3 is 1.89 bits per heavy atom. The number of hydrogen-bond donors (Lipinski definition) is 0. The molecule has 0 aromatic heterocycles. The maximum Gasteiger partial charge on any atom is 0.563 e. The van der Waals surface area contributed by atoms with Crippen LogP contribution in [0.25, 0.3) is 0 Å². The Labute approximate surface area is 54.6 Å². The fraction of sp³-hybridized carbons (Fsp3) is 1.00. The molecule has 0 amide bonds.